The van der Waals surface area contributed by atoms with E-state index in [1.54, 1.807) is 26.8 Å². The molecule has 0 aliphatic carbocycles. The molecule has 14 heteroatoms. The predicted molar refractivity (Wildman–Crippen MR) is 149 cm³/mol. The van der Waals surface area contributed by atoms with Crippen molar-refractivity contribution in [2.75, 3.05) is 56.9 Å². The van der Waals surface area contributed by atoms with Crippen LogP contribution < -0.4 is 4.90 Å². The van der Waals surface area contributed by atoms with Crippen LogP contribution in [0.3, 0.4) is 0 Å². The number of methoxy groups -OCH3 is 1. The van der Waals surface area contributed by atoms with Gasteiger partial charge in [0.05, 0.1) is 38.5 Å². The molecule has 0 saturated carbocycles. The first-order valence-electron chi connectivity index (χ1n) is 13.4. The van der Waals surface area contributed by atoms with Crippen molar-refractivity contribution in [2.45, 2.75) is 74.8 Å². The van der Waals surface area contributed by atoms with Crippen LogP contribution in [0.25, 0.3) is 0 Å². The summed E-state index contributed by atoms with van der Waals surface area (Å²) in [6.07, 6.45) is 1.05. The summed E-state index contributed by atoms with van der Waals surface area (Å²) >= 11 is 0. The SMILES string of the molecule is CC[C@H]1COCCN1c1cc(C2(S(C)(=O)=O)CCN(C(=O)OC(C)(C)C)CC2)cc(S(=O)(=O)CCC(=O)OC)n1. The summed E-state index contributed by atoms with van der Waals surface area (Å²) in [6, 6.07) is 2.88. The topological polar surface area (TPSA) is 149 Å². The number of carbonyl (C=O) groups is 2. The minimum absolute atomic E-state index is 0.0521. The van der Waals surface area contributed by atoms with Gasteiger partial charge in [0.1, 0.15) is 16.2 Å². The second-order valence-electron chi connectivity index (χ2n) is 11.3. The van der Waals surface area contributed by atoms with E-state index in [2.05, 4.69) is 9.72 Å². The molecule has 3 rings (SSSR count). The number of sulfone groups is 2. The van der Waals surface area contributed by atoms with Crippen LogP contribution in [0, 0.1) is 0 Å². The lowest BCUT2D eigenvalue weighted by atomic mass is 9.88. The molecule has 3 heterocycles. The van der Waals surface area contributed by atoms with Crippen molar-refractivity contribution >= 4 is 37.6 Å². The van der Waals surface area contributed by atoms with Gasteiger partial charge in [-0.05, 0) is 57.7 Å². The number of likely N-dealkylation sites (tertiary alicyclic amines) is 1. The summed E-state index contributed by atoms with van der Waals surface area (Å²) in [4.78, 5) is 32.3. The van der Waals surface area contributed by atoms with E-state index in [0.717, 1.165) is 6.26 Å². The molecule has 0 spiro atoms. The fourth-order valence-electron chi connectivity index (χ4n) is 5.03. The van der Waals surface area contributed by atoms with Gasteiger partial charge in [0.25, 0.3) is 0 Å². The van der Waals surface area contributed by atoms with Gasteiger partial charge in [-0.2, -0.15) is 0 Å². The third-order valence-electron chi connectivity index (χ3n) is 7.36. The number of carbonyl (C=O) groups excluding carboxylic acids is 2. The van der Waals surface area contributed by atoms with Crippen molar-refractivity contribution in [3.8, 4) is 0 Å². The van der Waals surface area contributed by atoms with Crippen LogP contribution in [-0.2, 0) is 43.4 Å². The molecule has 0 radical (unpaired) electrons. The molecule has 1 atom stereocenters. The number of esters is 1. The van der Waals surface area contributed by atoms with Crippen LogP contribution in [0.4, 0.5) is 10.6 Å². The molecule has 0 unspecified atom stereocenters. The summed E-state index contributed by atoms with van der Waals surface area (Å²) in [5, 5.41) is -0.303. The number of nitrogens with zero attached hydrogens (tertiary/aromatic N) is 3. The van der Waals surface area contributed by atoms with Crippen LogP contribution in [0.1, 0.15) is 58.9 Å². The standard InChI is InChI=1S/C26H41N3O9S2/c1-7-20-18-37-14-13-29(20)21-16-19(17-22(27-21)40(34,35)15-8-23(30)36-5)26(39(6,32)33)9-11-28(12-10-26)24(31)38-25(2,3)4/h16-17,20H,7-15,18H2,1-6H3/t20-/m0/s1. The Morgan fingerprint density at radius 1 is 1.12 bits per heavy atom. The van der Waals surface area contributed by atoms with Gasteiger partial charge < -0.3 is 24.0 Å². The van der Waals surface area contributed by atoms with Crippen molar-refractivity contribution in [3.05, 3.63) is 17.7 Å². The highest BCUT2D eigenvalue weighted by Crippen LogP contribution is 2.42. The van der Waals surface area contributed by atoms with Crippen LogP contribution in [0.2, 0.25) is 0 Å². The van der Waals surface area contributed by atoms with E-state index in [1.165, 1.54) is 18.1 Å². The molecule has 226 valence electrons. The first-order chi connectivity index (χ1) is 18.5. The maximum absolute atomic E-state index is 13.4. The van der Waals surface area contributed by atoms with Gasteiger partial charge in [-0.1, -0.05) is 6.92 Å². The third kappa shape index (κ3) is 7.24. The minimum Gasteiger partial charge on any atom is -0.469 e. The van der Waals surface area contributed by atoms with Gasteiger partial charge in [0, 0.05) is 25.9 Å². The van der Waals surface area contributed by atoms with Gasteiger partial charge in [0.2, 0.25) is 0 Å². The number of morpholine rings is 1. The summed E-state index contributed by atoms with van der Waals surface area (Å²) in [5.74, 6) is -0.878. The highest BCUT2D eigenvalue weighted by molar-refractivity contribution is 7.92. The van der Waals surface area contributed by atoms with Gasteiger partial charge in [0.15, 0.2) is 24.7 Å². The molecule has 2 aliphatic heterocycles. The lowest BCUT2D eigenvalue weighted by molar-refractivity contribution is -0.140. The number of ether oxygens (including phenoxy) is 3. The Balaban J connectivity index is 2.10. The molecule has 1 amide bonds. The Morgan fingerprint density at radius 3 is 2.33 bits per heavy atom. The lowest BCUT2D eigenvalue weighted by Crippen LogP contribution is -2.50. The number of amides is 1. The Morgan fingerprint density at radius 2 is 1.77 bits per heavy atom. The molecule has 40 heavy (non-hydrogen) atoms. The lowest BCUT2D eigenvalue weighted by Gasteiger charge is -2.42. The zero-order chi connectivity index (χ0) is 29.9. The monoisotopic (exact) mass is 603 g/mol. The predicted octanol–water partition coefficient (Wildman–Crippen LogP) is 2.30. The third-order valence-corrected chi connectivity index (χ3v) is 11.0. The second kappa shape index (κ2) is 12.2. The Labute approximate surface area is 237 Å². The zero-order valence-electron chi connectivity index (χ0n) is 24.1. The van der Waals surface area contributed by atoms with Crippen LogP contribution in [-0.4, -0.2) is 102 Å². The number of pyridine rings is 1. The van der Waals surface area contributed by atoms with Gasteiger partial charge in [-0.15, -0.1) is 0 Å². The van der Waals surface area contributed by atoms with Gasteiger partial charge >= 0.3 is 12.1 Å². The number of hydrogen-bond acceptors (Lipinski definition) is 11. The average Bonchev–Trinajstić information content (AvgIpc) is 2.89. The molecular formula is C26H41N3O9S2. The fourth-order valence-corrected chi connectivity index (χ4v) is 7.68. The average molecular weight is 604 g/mol. The number of piperidine rings is 1. The van der Waals surface area contributed by atoms with Crippen molar-refractivity contribution in [1.82, 2.24) is 9.88 Å². The van der Waals surface area contributed by atoms with E-state index in [1.807, 2.05) is 11.8 Å². The van der Waals surface area contributed by atoms with Crippen molar-refractivity contribution < 1.29 is 40.6 Å². The molecule has 1 aromatic rings. The van der Waals surface area contributed by atoms with Gasteiger partial charge in [-0.3, -0.25) is 4.79 Å². The maximum atomic E-state index is 13.4. The van der Waals surface area contributed by atoms with E-state index in [4.69, 9.17) is 9.47 Å². The van der Waals surface area contributed by atoms with E-state index >= 15 is 0 Å². The van der Waals surface area contributed by atoms with Crippen molar-refractivity contribution in [2.24, 2.45) is 0 Å². The number of anilines is 1. The Hall–Kier alpha value is -2.45. The van der Waals surface area contributed by atoms with Crippen molar-refractivity contribution in [1.29, 1.82) is 0 Å². The van der Waals surface area contributed by atoms with E-state index in [0.29, 0.717) is 37.6 Å². The Kier molecular flexibility index (Phi) is 9.78. The number of aromatic nitrogens is 1. The fraction of sp³-hybridized carbons (Fsp3) is 0.731. The van der Waals surface area contributed by atoms with E-state index in [-0.39, 0.29) is 43.4 Å². The van der Waals surface area contributed by atoms with Crippen LogP contribution >= 0.6 is 0 Å². The summed E-state index contributed by atoms with van der Waals surface area (Å²) in [5.41, 5.74) is -0.411. The smallest absolute Gasteiger partial charge is 0.410 e. The molecule has 12 nitrogen and oxygen atoms in total. The summed E-state index contributed by atoms with van der Waals surface area (Å²) in [6.45, 7) is 8.76. The molecule has 0 N–H and O–H groups in total. The van der Waals surface area contributed by atoms with E-state index < -0.39 is 47.8 Å². The number of rotatable bonds is 8. The largest absolute Gasteiger partial charge is 0.469 e. The first kappa shape index (κ1) is 32.1. The molecule has 2 aliphatic rings. The maximum Gasteiger partial charge on any atom is 0.410 e. The first-order valence-corrected chi connectivity index (χ1v) is 16.9. The molecule has 0 bridgehead atoms. The summed E-state index contributed by atoms with van der Waals surface area (Å²) in [7, 11) is -6.70. The number of hydrogen-bond donors (Lipinski definition) is 0. The minimum atomic E-state index is -4.08. The van der Waals surface area contributed by atoms with Crippen LogP contribution in [0.15, 0.2) is 17.2 Å². The normalized spacial score (nSPS) is 20.2. The highest BCUT2D eigenvalue weighted by atomic mass is 32.2. The second-order valence-corrected chi connectivity index (χ2v) is 15.6. The summed E-state index contributed by atoms with van der Waals surface area (Å²) < 4.78 is 67.8. The van der Waals surface area contributed by atoms with Crippen molar-refractivity contribution in [3.63, 3.8) is 0 Å². The van der Waals surface area contributed by atoms with E-state index in [9.17, 15) is 26.4 Å². The highest BCUT2D eigenvalue weighted by Gasteiger charge is 2.47. The quantitative estimate of drug-likeness (QED) is 0.403. The van der Waals surface area contributed by atoms with Crippen LogP contribution in [0.5, 0.6) is 0 Å². The molecule has 1 aromatic heterocycles. The Bertz CT molecular complexity index is 1300. The zero-order valence-corrected chi connectivity index (χ0v) is 25.8. The molecular weight excluding hydrogens is 562 g/mol. The van der Waals surface area contributed by atoms with Gasteiger partial charge in [-0.25, -0.2) is 26.6 Å². The molecule has 2 fully saturated rings. The molecule has 2 saturated heterocycles. The molecule has 0 aromatic carbocycles.